The summed E-state index contributed by atoms with van der Waals surface area (Å²) in [5.41, 5.74) is 3.98. The summed E-state index contributed by atoms with van der Waals surface area (Å²) in [6.45, 7) is 2.47. The molecule has 1 N–H and O–H groups in total. The number of hydrazone groups is 1. The highest BCUT2D eigenvalue weighted by atomic mass is 35.5. The van der Waals surface area contributed by atoms with E-state index in [4.69, 9.17) is 21.1 Å². The highest BCUT2D eigenvalue weighted by Gasteiger charge is 2.10. The summed E-state index contributed by atoms with van der Waals surface area (Å²) >= 11 is 6.21. The highest BCUT2D eigenvalue weighted by Crippen LogP contribution is 2.19. The summed E-state index contributed by atoms with van der Waals surface area (Å²) in [5, 5.41) is 8.28. The first-order valence-corrected chi connectivity index (χ1v) is 8.95. The lowest BCUT2D eigenvalue weighted by atomic mass is 10.2. The van der Waals surface area contributed by atoms with E-state index in [9.17, 15) is 4.79 Å². The van der Waals surface area contributed by atoms with Gasteiger partial charge in [0.25, 0.3) is 5.56 Å². The largest absolute Gasteiger partial charge is 0.497 e. The minimum absolute atomic E-state index is 0.0129. The average molecular weight is 399 g/mol. The molecule has 0 unspecified atom stereocenters. The van der Waals surface area contributed by atoms with E-state index in [1.165, 1.54) is 10.9 Å². The molecule has 7 nitrogen and oxygen atoms in total. The lowest BCUT2D eigenvalue weighted by Crippen LogP contribution is -2.22. The van der Waals surface area contributed by atoms with Gasteiger partial charge in [-0.05, 0) is 43.3 Å². The molecule has 0 amide bonds. The Balaban J connectivity index is 1.80. The molecule has 0 aliphatic rings. The minimum Gasteiger partial charge on any atom is -0.497 e. The Hall–Kier alpha value is -3.32. The molecule has 1 aromatic heterocycles. The number of nitrogens with one attached hydrogen (secondary N) is 1. The maximum absolute atomic E-state index is 12.5. The zero-order valence-electron chi connectivity index (χ0n) is 15.4. The van der Waals surface area contributed by atoms with E-state index in [0.29, 0.717) is 23.7 Å². The quantitative estimate of drug-likeness (QED) is 0.484. The second-order valence-electron chi connectivity index (χ2n) is 5.63. The molecule has 0 radical (unpaired) electrons. The summed E-state index contributed by atoms with van der Waals surface area (Å²) < 4.78 is 11.9. The molecular formula is C20H19ClN4O3. The van der Waals surface area contributed by atoms with Crippen LogP contribution in [0.15, 0.2) is 64.6 Å². The van der Waals surface area contributed by atoms with Crippen LogP contribution in [-0.4, -0.2) is 29.7 Å². The Morgan fingerprint density at radius 2 is 1.96 bits per heavy atom. The van der Waals surface area contributed by atoms with Crippen LogP contribution >= 0.6 is 11.6 Å². The van der Waals surface area contributed by atoms with E-state index < -0.39 is 5.56 Å². The fraction of sp³-hybridized carbons (Fsp3) is 0.150. The number of hydrogen-bond acceptors (Lipinski definition) is 6. The van der Waals surface area contributed by atoms with E-state index in [1.807, 2.05) is 31.2 Å². The van der Waals surface area contributed by atoms with E-state index >= 15 is 0 Å². The Morgan fingerprint density at radius 1 is 1.21 bits per heavy atom. The van der Waals surface area contributed by atoms with Gasteiger partial charge in [0, 0.05) is 5.56 Å². The third-order valence-corrected chi connectivity index (χ3v) is 4.21. The van der Waals surface area contributed by atoms with Gasteiger partial charge in [0.2, 0.25) is 0 Å². The van der Waals surface area contributed by atoms with Gasteiger partial charge in [-0.15, -0.1) is 0 Å². The average Bonchev–Trinajstić information content (AvgIpc) is 2.73. The summed E-state index contributed by atoms with van der Waals surface area (Å²) in [4.78, 5) is 12.5. The number of benzene rings is 2. The summed E-state index contributed by atoms with van der Waals surface area (Å²) in [6, 6.07) is 14.4. The third-order valence-electron chi connectivity index (χ3n) is 3.84. The number of nitrogens with zero attached hydrogens (tertiary/aromatic N) is 3. The van der Waals surface area contributed by atoms with Crippen molar-refractivity contribution < 1.29 is 9.47 Å². The molecule has 1 heterocycles. The Bertz CT molecular complexity index is 1030. The molecule has 28 heavy (non-hydrogen) atoms. The van der Waals surface area contributed by atoms with Gasteiger partial charge in [-0.1, -0.05) is 23.7 Å². The van der Waals surface area contributed by atoms with Crippen molar-refractivity contribution in [1.29, 1.82) is 0 Å². The van der Waals surface area contributed by atoms with Crippen LogP contribution in [-0.2, 0) is 0 Å². The Labute approximate surface area is 167 Å². The summed E-state index contributed by atoms with van der Waals surface area (Å²) in [5.74, 6) is 1.40. The van der Waals surface area contributed by atoms with E-state index in [0.717, 1.165) is 11.3 Å². The predicted octanol–water partition coefficient (Wildman–Crippen LogP) is 3.74. The maximum atomic E-state index is 12.5. The zero-order valence-corrected chi connectivity index (χ0v) is 16.2. The van der Waals surface area contributed by atoms with Gasteiger partial charge < -0.3 is 9.47 Å². The maximum Gasteiger partial charge on any atom is 0.292 e. The van der Waals surface area contributed by atoms with Gasteiger partial charge in [0.05, 0.1) is 31.8 Å². The van der Waals surface area contributed by atoms with Crippen LogP contribution in [0.3, 0.4) is 0 Å². The SMILES string of the molecule is CCOc1ccccc1/C=N\Nc1cnn(-c2ccc(OC)cc2)c(=O)c1Cl. The molecule has 0 saturated carbocycles. The van der Waals surface area contributed by atoms with Gasteiger partial charge in [-0.3, -0.25) is 10.2 Å². The van der Waals surface area contributed by atoms with Crippen molar-refractivity contribution in [2.45, 2.75) is 6.92 Å². The minimum atomic E-state index is -0.457. The second-order valence-corrected chi connectivity index (χ2v) is 6.01. The number of aromatic nitrogens is 2. The lowest BCUT2D eigenvalue weighted by Gasteiger charge is -2.09. The van der Waals surface area contributed by atoms with Crippen molar-refractivity contribution >= 4 is 23.5 Å². The molecular weight excluding hydrogens is 380 g/mol. The highest BCUT2D eigenvalue weighted by molar-refractivity contribution is 6.32. The van der Waals surface area contributed by atoms with E-state index in [1.54, 1.807) is 37.6 Å². The number of halogens is 1. The van der Waals surface area contributed by atoms with Gasteiger partial charge in [0.15, 0.2) is 0 Å². The number of methoxy groups -OCH3 is 1. The first kappa shape index (κ1) is 19.4. The van der Waals surface area contributed by atoms with Crippen LogP contribution in [0, 0.1) is 0 Å². The lowest BCUT2D eigenvalue weighted by molar-refractivity contribution is 0.340. The van der Waals surface area contributed by atoms with Crippen LogP contribution in [0.4, 0.5) is 5.69 Å². The Kier molecular flexibility index (Phi) is 6.29. The number of anilines is 1. The second kappa shape index (κ2) is 9.05. The van der Waals surface area contributed by atoms with Crippen LogP contribution in [0.2, 0.25) is 5.02 Å². The molecule has 0 aliphatic heterocycles. The molecule has 0 bridgehead atoms. The first-order valence-electron chi connectivity index (χ1n) is 8.57. The number of para-hydroxylation sites is 1. The van der Waals surface area contributed by atoms with Crippen LogP contribution < -0.4 is 20.5 Å². The fourth-order valence-electron chi connectivity index (χ4n) is 2.46. The van der Waals surface area contributed by atoms with E-state index in [-0.39, 0.29) is 5.02 Å². The van der Waals surface area contributed by atoms with Gasteiger partial charge >= 0.3 is 0 Å². The molecule has 0 aliphatic carbocycles. The predicted molar refractivity (Wildman–Crippen MR) is 110 cm³/mol. The normalized spacial score (nSPS) is 10.8. The van der Waals surface area contributed by atoms with Crippen molar-refractivity contribution in [2.24, 2.45) is 5.10 Å². The summed E-state index contributed by atoms with van der Waals surface area (Å²) in [7, 11) is 1.57. The van der Waals surface area contributed by atoms with Crippen LogP contribution in [0.1, 0.15) is 12.5 Å². The fourth-order valence-corrected chi connectivity index (χ4v) is 2.63. The van der Waals surface area contributed by atoms with Crippen LogP contribution in [0.25, 0.3) is 5.69 Å². The van der Waals surface area contributed by atoms with Gasteiger partial charge in [-0.25, -0.2) is 0 Å². The third kappa shape index (κ3) is 4.32. The number of ether oxygens (including phenoxy) is 2. The van der Waals surface area contributed by atoms with Crippen molar-refractivity contribution in [2.75, 3.05) is 19.1 Å². The smallest absolute Gasteiger partial charge is 0.292 e. The zero-order chi connectivity index (χ0) is 19.9. The first-order chi connectivity index (χ1) is 13.6. The summed E-state index contributed by atoms with van der Waals surface area (Å²) in [6.07, 6.45) is 3.04. The molecule has 144 valence electrons. The van der Waals surface area contributed by atoms with Crippen LogP contribution in [0.5, 0.6) is 11.5 Å². The Morgan fingerprint density at radius 3 is 2.68 bits per heavy atom. The number of hydrogen-bond donors (Lipinski definition) is 1. The van der Waals surface area contributed by atoms with Gasteiger partial charge in [0.1, 0.15) is 22.2 Å². The molecule has 0 fully saturated rings. The molecule has 3 aromatic rings. The van der Waals surface area contributed by atoms with Crippen molar-refractivity contribution in [3.05, 3.63) is 75.7 Å². The van der Waals surface area contributed by atoms with Crippen molar-refractivity contribution in [3.63, 3.8) is 0 Å². The monoisotopic (exact) mass is 398 g/mol. The van der Waals surface area contributed by atoms with Crippen molar-refractivity contribution in [3.8, 4) is 17.2 Å². The van der Waals surface area contributed by atoms with E-state index in [2.05, 4.69) is 15.6 Å². The van der Waals surface area contributed by atoms with Crippen molar-refractivity contribution in [1.82, 2.24) is 9.78 Å². The molecule has 0 saturated heterocycles. The molecule has 2 aromatic carbocycles. The molecule has 0 atom stereocenters. The molecule has 3 rings (SSSR count). The topological polar surface area (TPSA) is 77.7 Å². The standard InChI is InChI=1S/C20H19ClN4O3/c1-3-28-18-7-5-4-6-14(18)12-22-24-17-13-23-25(20(26)19(17)21)15-8-10-16(27-2)11-9-15/h4-13,24H,3H2,1-2H3/b22-12-. The number of rotatable bonds is 7. The molecule has 0 spiro atoms. The molecule has 8 heteroatoms. The van der Waals surface area contributed by atoms with Gasteiger partial charge in [-0.2, -0.15) is 14.9 Å².